The molecule has 6 heteroatoms. The SMILES string of the molecule is COC(=O)c1ccc(COC(=O)c2cncc(Br)c2)cc1. The number of halogens is 1. The van der Waals surface area contributed by atoms with Gasteiger partial charge in [-0.1, -0.05) is 12.1 Å². The first kappa shape index (κ1) is 15.2. The molecule has 0 bridgehead atoms. The first-order chi connectivity index (χ1) is 10.1. The van der Waals surface area contributed by atoms with Gasteiger partial charge in [-0.05, 0) is 39.7 Å². The Morgan fingerprint density at radius 2 is 1.81 bits per heavy atom. The fraction of sp³-hybridized carbons (Fsp3) is 0.133. The quantitative estimate of drug-likeness (QED) is 0.794. The molecule has 0 radical (unpaired) electrons. The van der Waals surface area contributed by atoms with Gasteiger partial charge < -0.3 is 9.47 Å². The van der Waals surface area contributed by atoms with Crippen molar-refractivity contribution in [2.24, 2.45) is 0 Å². The second-order valence-corrected chi connectivity index (χ2v) is 5.07. The van der Waals surface area contributed by atoms with Crippen LogP contribution in [0.25, 0.3) is 0 Å². The zero-order chi connectivity index (χ0) is 15.2. The van der Waals surface area contributed by atoms with Crippen LogP contribution in [0.1, 0.15) is 26.3 Å². The molecule has 1 heterocycles. The Hall–Kier alpha value is -2.21. The molecule has 5 nitrogen and oxygen atoms in total. The first-order valence-corrected chi connectivity index (χ1v) is 6.84. The number of carbonyl (C=O) groups is 2. The van der Waals surface area contributed by atoms with Gasteiger partial charge in [-0.15, -0.1) is 0 Å². The lowest BCUT2D eigenvalue weighted by Gasteiger charge is -2.06. The van der Waals surface area contributed by atoms with E-state index in [4.69, 9.17) is 4.74 Å². The number of hydrogen-bond donors (Lipinski definition) is 0. The summed E-state index contributed by atoms with van der Waals surface area (Å²) in [5, 5.41) is 0. The molecule has 0 amide bonds. The average Bonchev–Trinajstić information content (AvgIpc) is 2.52. The summed E-state index contributed by atoms with van der Waals surface area (Å²) in [7, 11) is 1.32. The van der Waals surface area contributed by atoms with Crippen molar-refractivity contribution >= 4 is 27.9 Å². The number of esters is 2. The zero-order valence-corrected chi connectivity index (χ0v) is 12.8. The van der Waals surface area contributed by atoms with E-state index in [1.165, 1.54) is 13.3 Å². The smallest absolute Gasteiger partial charge is 0.340 e. The maximum Gasteiger partial charge on any atom is 0.340 e. The molecule has 1 aromatic carbocycles. The molecule has 0 spiro atoms. The van der Waals surface area contributed by atoms with E-state index >= 15 is 0 Å². The van der Waals surface area contributed by atoms with Crippen molar-refractivity contribution in [3.05, 3.63) is 63.9 Å². The number of pyridine rings is 1. The third-order valence-electron chi connectivity index (χ3n) is 2.69. The normalized spacial score (nSPS) is 10.0. The topological polar surface area (TPSA) is 65.5 Å². The van der Waals surface area contributed by atoms with Gasteiger partial charge in [0, 0.05) is 16.9 Å². The van der Waals surface area contributed by atoms with Gasteiger partial charge in [-0.25, -0.2) is 9.59 Å². The first-order valence-electron chi connectivity index (χ1n) is 6.05. The van der Waals surface area contributed by atoms with Gasteiger partial charge in [0.15, 0.2) is 0 Å². The molecule has 0 saturated carbocycles. The number of aromatic nitrogens is 1. The number of nitrogens with zero attached hydrogens (tertiary/aromatic N) is 1. The lowest BCUT2D eigenvalue weighted by molar-refractivity contribution is 0.0471. The number of hydrogen-bond acceptors (Lipinski definition) is 5. The molecular weight excluding hydrogens is 338 g/mol. The van der Waals surface area contributed by atoms with Gasteiger partial charge in [0.2, 0.25) is 0 Å². The summed E-state index contributed by atoms with van der Waals surface area (Å²) in [6.45, 7) is 0.118. The lowest BCUT2D eigenvalue weighted by atomic mass is 10.1. The highest BCUT2D eigenvalue weighted by Crippen LogP contribution is 2.12. The Labute approximate surface area is 130 Å². The minimum atomic E-state index is -0.458. The fourth-order valence-electron chi connectivity index (χ4n) is 1.61. The zero-order valence-electron chi connectivity index (χ0n) is 11.2. The number of benzene rings is 1. The van der Waals surface area contributed by atoms with Gasteiger partial charge in [0.05, 0.1) is 18.2 Å². The van der Waals surface area contributed by atoms with Crippen LogP contribution in [-0.4, -0.2) is 24.0 Å². The third kappa shape index (κ3) is 4.13. The van der Waals surface area contributed by atoms with Gasteiger partial charge in [-0.3, -0.25) is 4.98 Å². The van der Waals surface area contributed by atoms with Crippen molar-refractivity contribution in [2.45, 2.75) is 6.61 Å². The van der Waals surface area contributed by atoms with E-state index in [9.17, 15) is 9.59 Å². The molecule has 0 aliphatic heterocycles. The molecular formula is C15H12BrNO4. The van der Waals surface area contributed by atoms with Crippen molar-refractivity contribution in [1.82, 2.24) is 4.98 Å². The van der Waals surface area contributed by atoms with Gasteiger partial charge in [0.25, 0.3) is 0 Å². The number of rotatable bonds is 4. The van der Waals surface area contributed by atoms with E-state index in [2.05, 4.69) is 25.7 Å². The Bertz CT molecular complexity index is 655. The standard InChI is InChI=1S/C15H12BrNO4/c1-20-14(18)11-4-2-10(3-5-11)9-21-15(19)12-6-13(16)8-17-7-12/h2-8H,9H2,1H3. The number of ether oxygens (including phenoxy) is 2. The van der Waals surface area contributed by atoms with Crippen LogP contribution in [-0.2, 0) is 16.1 Å². The Kier molecular flexibility index (Phi) is 5.05. The van der Waals surface area contributed by atoms with Crippen LogP contribution in [0, 0.1) is 0 Å². The van der Waals surface area contributed by atoms with Crippen LogP contribution in [0.5, 0.6) is 0 Å². The molecule has 1 aromatic heterocycles. The monoisotopic (exact) mass is 349 g/mol. The highest BCUT2D eigenvalue weighted by atomic mass is 79.9. The minimum absolute atomic E-state index is 0.118. The number of carbonyl (C=O) groups excluding carboxylic acids is 2. The Morgan fingerprint density at radius 3 is 2.43 bits per heavy atom. The van der Waals surface area contributed by atoms with E-state index in [-0.39, 0.29) is 6.61 Å². The summed E-state index contributed by atoms with van der Waals surface area (Å²) in [6.07, 6.45) is 3.02. The van der Waals surface area contributed by atoms with Crippen molar-refractivity contribution in [2.75, 3.05) is 7.11 Å². The third-order valence-corrected chi connectivity index (χ3v) is 3.12. The summed E-state index contributed by atoms with van der Waals surface area (Å²) >= 11 is 3.24. The highest BCUT2D eigenvalue weighted by molar-refractivity contribution is 9.10. The predicted octanol–water partition coefficient (Wildman–Crippen LogP) is 2.99. The maximum absolute atomic E-state index is 11.8. The summed E-state index contributed by atoms with van der Waals surface area (Å²) in [4.78, 5) is 27.0. The molecule has 108 valence electrons. The molecule has 0 N–H and O–H groups in total. The largest absolute Gasteiger partial charge is 0.465 e. The van der Waals surface area contributed by atoms with E-state index < -0.39 is 11.9 Å². The molecule has 0 aliphatic carbocycles. The molecule has 2 aromatic rings. The molecule has 2 rings (SSSR count). The Balaban J connectivity index is 1.97. The molecule has 0 atom stereocenters. The lowest BCUT2D eigenvalue weighted by Crippen LogP contribution is -2.06. The second kappa shape index (κ2) is 6.99. The van der Waals surface area contributed by atoms with Gasteiger partial charge in [0.1, 0.15) is 6.61 Å². The summed E-state index contributed by atoms with van der Waals surface area (Å²) in [5.41, 5.74) is 1.60. The molecule has 0 saturated heterocycles. The predicted molar refractivity (Wildman–Crippen MR) is 78.8 cm³/mol. The van der Waals surface area contributed by atoms with E-state index in [1.807, 2.05) is 0 Å². The highest BCUT2D eigenvalue weighted by Gasteiger charge is 2.09. The van der Waals surface area contributed by atoms with Gasteiger partial charge >= 0.3 is 11.9 Å². The molecule has 0 fully saturated rings. The summed E-state index contributed by atoms with van der Waals surface area (Å²) in [6, 6.07) is 8.29. The number of methoxy groups -OCH3 is 1. The van der Waals surface area contributed by atoms with Crippen molar-refractivity contribution in [3.8, 4) is 0 Å². The van der Waals surface area contributed by atoms with Crippen LogP contribution in [0.4, 0.5) is 0 Å². The van der Waals surface area contributed by atoms with Crippen LogP contribution < -0.4 is 0 Å². The second-order valence-electron chi connectivity index (χ2n) is 4.16. The molecule has 0 aliphatic rings. The Morgan fingerprint density at radius 1 is 1.10 bits per heavy atom. The van der Waals surface area contributed by atoms with Crippen LogP contribution in [0.2, 0.25) is 0 Å². The molecule has 21 heavy (non-hydrogen) atoms. The summed E-state index contributed by atoms with van der Waals surface area (Å²) in [5.74, 6) is -0.861. The van der Waals surface area contributed by atoms with E-state index in [0.29, 0.717) is 15.6 Å². The molecule has 0 unspecified atom stereocenters. The van der Waals surface area contributed by atoms with Crippen molar-refractivity contribution in [3.63, 3.8) is 0 Å². The van der Waals surface area contributed by atoms with Crippen LogP contribution in [0.3, 0.4) is 0 Å². The van der Waals surface area contributed by atoms with Crippen molar-refractivity contribution < 1.29 is 19.1 Å². The van der Waals surface area contributed by atoms with Crippen molar-refractivity contribution in [1.29, 1.82) is 0 Å². The van der Waals surface area contributed by atoms with Gasteiger partial charge in [-0.2, -0.15) is 0 Å². The average molecular weight is 350 g/mol. The van der Waals surface area contributed by atoms with Crippen LogP contribution in [0.15, 0.2) is 47.2 Å². The van der Waals surface area contributed by atoms with E-state index in [0.717, 1.165) is 5.56 Å². The maximum atomic E-state index is 11.8. The van der Waals surface area contributed by atoms with Crippen LogP contribution >= 0.6 is 15.9 Å². The van der Waals surface area contributed by atoms with E-state index in [1.54, 1.807) is 36.5 Å². The minimum Gasteiger partial charge on any atom is -0.465 e. The summed E-state index contributed by atoms with van der Waals surface area (Å²) < 4.78 is 10.5. The fourth-order valence-corrected chi connectivity index (χ4v) is 1.98.